The van der Waals surface area contributed by atoms with Crippen LogP contribution >= 0.6 is 11.8 Å². The minimum Gasteiger partial charge on any atom is -0.468 e. The molecule has 2 heterocycles. The Kier molecular flexibility index (Phi) is 7.85. The van der Waals surface area contributed by atoms with Gasteiger partial charge in [0.1, 0.15) is 5.76 Å². The van der Waals surface area contributed by atoms with Crippen LogP contribution in [0.25, 0.3) is 0 Å². The maximum Gasteiger partial charge on any atom is 0.254 e. The molecule has 3 aromatic rings. The molecule has 2 amide bonds. The van der Waals surface area contributed by atoms with Crippen LogP contribution in [-0.2, 0) is 9.59 Å². The zero-order valence-corrected chi connectivity index (χ0v) is 22.0. The predicted molar refractivity (Wildman–Crippen MR) is 147 cm³/mol. The normalized spacial score (nSPS) is 15.2. The van der Waals surface area contributed by atoms with Crippen LogP contribution in [0.1, 0.15) is 35.3 Å². The van der Waals surface area contributed by atoms with E-state index in [-0.39, 0.29) is 17.6 Å². The Bertz CT molecular complexity index is 1450. The zero-order valence-electron chi connectivity index (χ0n) is 21.1. The summed E-state index contributed by atoms with van der Waals surface area (Å²) in [6, 6.07) is 19.0. The van der Waals surface area contributed by atoms with Gasteiger partial charge in [0.15, 0.2) is 0 Å². The molecule has 0 saturated carbocycles. The highest BCUT2D eigenvalue weighted by Crippen LogP contribution is 2.41. The number of furan rings is 1. The molecule has 0 bridgehead atoms. The summed E-state index contributed by atoms with van der Waals surface area (Å²) < 4.78 is 5.66. The average molecular weight is 513 g/mol. The van der Waals surface area contributed by atoms with E-state index < -0.39 is 5.92 Å². The predicted octanol–water partition coefficient (Wildman–Crippen LogP) is 5.91. The molecule has 1 atom stereocenters. The maximum atomic E-state index is 13.4. The van der Waals surface area contributed by atoms with E-state index in [2.05, 4.69) is 22.0 Å². The van der Waals surface area contributed by atoms with Gasteiger partial charge in [-0.3, -0.25) is 9.59 Å². The first-order valence-corrected chi connectivity index (χ1v) is 12.8. The van der Waals surface area contributed by atoms with Gasteiger partial charge in [-0.15, -0.1) is 0 Å². The number of nitrogens with one attached hydrogen (secondary N) is 3. The Morgan fingerprint density at radius 2 is 1.78 bits per heavy atom. The molecule has 1 aliphatic heterocycles. The molecule has 3 N–H and O–H groups in total. The molecule has 8 heteroatoms. The molecule has 7 nitrogen and oxygen atoms in total. The largest absolute Gasteiger partial charge is 0.468 e. The lowest BCUT2D eigenvalue weighted by atomic mass is 9.85. The highest BCUT2D eigenvalue weighted by atomic mass is 32.2. The molecule has 0 saturated heterocycles. The smallest absolute Gasteiger partial charge is 0.254 e. The molecular formula is C29H28N4O3S. The minimum atomic E-state index is -0.712. The van der Waals surface area contributed by atoms with Gasteiger partial charge in [0.2, 0.25) is 5.91 Å². The molecule has 37 heavy (non-hydrogen) atoms. The molecule has 2 aromatic carbocycles. The van der Waals surface area contributed by atoms with E-state index in [0.717, 1.165) is 22.4 Å². The Labute approximate surface area is 220 Å². The van der Waals surface area contributed by atoms with E-state index in [1.54, 1.807) is 19.1 Å². The molecular weight excluding hydrogens is 484 g/mol. The van der Waals surface area contributed by atoms with Crippen molar-refractivity contribution in [3.63, 3.8) is 0 Å². The van der Waals surface area contributed by atoms with E-state index in [9.17, 15) is 14.9 Å². The van der Waals surface area contributed by atoms with E-state index in [0.29, 0.717) is 33.3 Å². The number of carbonyl (C=O) groups is 2. The van der Waals surface area contributed by atoms with E-state index >= 15 is 0 Å². The minimum absolute atomic E-state index is 0.0867. The molecule has 0 spiro atoms. The Morgan fingerprint density at radius 3 is 2.46 bits per heavy atom. The molecule has 188 valence electrons. The number of dihydropyridines is 1. The Balaban J connectivity index is 1.57. The van der Waals surface area contributed by atoms with Crippen molar-refractivity contribution in [1.82, 2.24) is 5.32 Å². The standard InChI is InChI=1S/C29H28N4O3S/c1-17-7-5-8-21(13-17)33-28(35)26-20(4)31-29(23(15-30)27(26)24-9-6-12-36-24)37-16-25(34)32-22-11-10-18(2)19(3)14-22/h5-14,27,31H,16H2,1-4H3,(H,32,34)(H,33,35)/t27-/m1/s1. The van der Waals surface area contributed by atoms with Gasteiger partial charge in [-0.25, -0.2) is 0 Å². The third-order valence-electron chi connectivity index (χ3n) is 6.13. The first kappa shape index (κ1) is 25.9. The summed E-state index contributed by atoms with van der Waals surface area (Å²) in [7, 11) is 0. The summed E-state index contributed by atoms with van der Waals surface area (Å²) in [5.41, 5.74) is 5.93. The highest BCUT2D eigenvalue weighted by Gasteiger charge is 2.36. The monoisotopic (exact) mass is 512 g/mol. The van der Waals surface area contributed by atoms with Crippen LogP contribution in [0.15, 0.2) is 87.1 Å². The van der Waals surface area contributed by atoms with Crippen LogP contribution < -0.4 is 16.0 Å². The third kappa shape index (κ3) is 5.96. The van der Waals surface area contributed by atoms with Gasteiger partial charge >= 0.3 is 0 Å². The summed E-state index contributed by atoms with van der Waals surface area (Å²) in [5.74, 6) is -0.676. The fourth-order valence-corrected chi connectivity index (χ4v) is 5.03. The van der Waals surface area contributed by atoms with Crippen molar-refractivity contribution < 1.29 is 14.0 Å². The van der Waals surface area contributed by atoms with Crippen LogP contribution in [0.3, 0.4) is 0 Å². The molecule has 0 fully saturated rings. The number of hydrogen-bond donors (Lipinski definition) is 3. The Morgan fingerprint density at radius 1 is 1.00 bits per heavy atom. The number of allylic oxidation sites excluding steroid dienone is 2. The van der Waals surface area contributed by atoms with E-state index in [1.165, 1.54) is 18.0 Å². The fraction of sp³-hybridized carbons (Fsp3) is 0.207. The van der Waals surface area contributed by atoms with Crippen molar-refractivity contribution >= 4 is 35.0 Å². The molecule has 4 rings (SSSR count). The van der Waals surface area contributed by atoms with Crippen LogP contribution in [0.4, 0.5) is 11.4 Å². The lowest BCUT2D eigenvalue weighted by molar-refractivity contribution is -0.114. The maximum absolute atomic E-state index is 13.4. The first-order chi connectivity index (χ1) is 17.8. The van der Waals surface area contributed by atoms with Crippen molar-refractivity contribution in [1.29, 1.82) is 5.26 Å². The molecule has 1 aliphatic rings. The second-order valence-electron chi connectivity index (χ2n) is 8.93. The van der Waals surface area contributed by atoms with Gasteiger partial charge in [-0.1, -0.05) is 30.0 Å². The summed E-state index contributed by atoms with van der Waals surface area (Å²) in [5, 5.41) is 19.7. The van der Waals surface area contributed by atoms with Gasteiger partial charge in [0.05, 0.1) is 40.2 Å². The molecule has 0 aliphatic carbocycles. The van der Waals surface area contributed by atoms with Crippen molar-refractivity contribution in [3.8, 4) is 6.07 Å². The number of anilines is 2. The fourth-order valence-electron chi connectivity index (χ4n) is 4.14. The van der Waals surface area contributed by atoms with Crippen LogP contribution in [0, 0.1) is 32.1 Å². The lowest BCUT2D eigenvalue weighted by Gasteiger charge is -2.28. The van der Waals surface area contributed by atoms with Gasteiger partial charge in [-0.2, -0.15) is 5.26 Å². The number of aryl methyl sites for hydroxylation is 3. The van der Waals surface area contributed by atoms with Crippen LogP contribution in [-0.4, -0.2) is 17.6 Å². The van der Waals surface area contributed by atoms with Crippen LogP contribution in [0.2, 0.25) is 0 Å². The summed E-state index contributed by atoms with van der Waals surface area (Å²) in [6.45, 7) is 7.74. The van der Waals surface area contributed by atoms with Gasteiger partial charge in [0.25, 0.3) is 5.91 Å². The van der Waals surface area contributed by atoms with Crippen molar-refractivity contribution in [2.75, 3.05) is 16.4 Å². The number of benzene rings is 2. The van der Waals surface area contributed by atoms with Gasteiger partial charge in [0, 0.05) is 17.1 Å². The average Bonchev–Trinajstić information content (AvgIpc) is 3.39. The number of carbonyl (C=O) groups excluding carboxylic acids is 2. The quantitative estimate of drug-likeness (QED) is 0.363. The third-order valence-corrected chi connectivity index (χ3v) is 7.15. The second kappa shape index (κ2) is 11.2. The number of amides is 2. The number of rotatable bonds is 7. The first-order valence-electron chi connectivity index (χ1n) is 11.8. The van der Waals surface area contributed by atoms with Crippen molar-refractivity contribution in [2.24, 2.45) is 0 Å². The number of hydrogen-bond acceptors (Lipinski definition) is 6. The highest BCUT2D eigenvalue weighted by molar-refractivity contribution is 8.03. The molecule has 0 unspecified atom stereocenters. The number of nitriles is 1. The van der Waals surface area contributed by atoms with Crippen LogP contribution in [0.5, 0.6) is 0 Å². The Hall–Kier alpha value is -4.22. The zero-order chi connectivity index (χ0) is 26.5. The number of thioether (sulfide) groups is 1. The van der Waals surface area contributed by atoms with E-state index in [1.807, 2.05) is 63.2 Å². The van der Waals surface area contributed by atoms with Gasteiger partial charge < -0.3 is 20.4 Å². The molecule has 0 radical (unpaired) electrons. The number of nitrogens with zero attached hydrogens (tertiary/aromatic N) is 1. The van der Waals surface area contributed by atoms with Crippen molar-refractivity contribution in [3.05, 3.63) is 105 Å². The lowest BCUT2D eigenvalue weighted by Crippen LogP contribution is -2.31. The second-order valence-corrected chi connectivity index (χ2v) is 9.91. The van der Waals surface area contributed by atoms with E-state index in [4.69, 9.17) is 4.42 Å². The summed E-state index contributed by atoms with van der Waals surface area (Å²) in [6.07, 6.45) is 1.52. The summed E-state index contributed by atoms with van der Waals surface area (Å²) in [4.78, 5) is 26.1. The molecule has 1 aromatic heterocycles. The van der Waals surface area contributed by atoms with Gasteiger partial charge in [-0.05, 0) is 80.8 Å². The topological polar surface area (TPSA) is 107 Å². The van der Waals surface area contributed by atoms with Crippen molar-refractivity contribution in [2.45, 2.75) is 33.6 Å². The SMILES string of the molecule is CC1=C(C(=O)Nc2cccc(C)c2)[C@@H](c2ccco2)C(C#N)=C(SCC(=O)Nc2ccc(C)c(C)c2)N1. The summed E-state index contributed by atoms with van der Waals surface area (Å²) >= 11 is 1.22.